The van der Waals surface area contributed by atoms with Crippen molar-refractivity contribution in [2.75, 3.05) is 0 Å². The first-order valence-electron chi connectivity index (χ1n) is 8.68. The molecule has 0 saturated carbocycles. The number of furan rings is 1. The van der Waals surface area contributed by atoms with Gasteiger partial charge >= 0.3 is 0 Å². The van der Waals surface area contributed by atoms with Crippen molar-refractivity contribution in [1.29, 1.82) is 0 Å². The lowest BCUT2D eigenvalue weighted by Crippen LogP contribution is -2.23. The molecule has 0 aliphatic heterocycles. The molecule has 0 bridgehead atoms. The fourth-order valence-electron chi connectivity index (χ4n) is 3.18. The largest absolute Gasteiger partial charge is 0.459 e. The SMILES string of the molecule is Cc1c(CNC(=O)c2cn(C)nc2-c2ccc(F)cc2F)oc2ccccc12. The Labute approximate surface area is 159 Å². The highest BCUT2D eigenvalue weighted by molar-refractivity contribution is 5.99. The van der Waals surface area contributed by atoms with Gasteiger partial charge in [0, 0.05) is 35.8 Å². The molecule has 2 aromatic carbocycles. The number of nitrogens with one attached hydrogen (secondary N) is 1. The molecule has 2 heterocycles. The lowest BCUT2D eigenvalue weighted by molar-refractivity contribution is 0.0948. The van der Waals surface area contributed by atoms with Crippen LogP contribution in [0.4, 0.5) is 8.78 Å². The molecule has 4 rings (SSSR count). The molecule has 0 spiro atoms. The molecule has 5 nitrogen and oxygen atoms in total. The maximum atomic E-state index is 14.2. The van der Waals surface area contributed by atoms with Gasteiger partial charge in [-0.05, 0) is 25.1 Å². The van der Waals surface area contributed by atoms with Crippen LogP contribution < -0.4 is 5.32 Å². The van der Waals surface area contributed by atoms with Crippen molar-refractivity contribution in [2.45, 2.75) is 13.5 Å². The van der Waals surface area contributed by atoms with E-state index >= 15 is 0 Å². The first-order chi connectivity index (χ1) is 13.4. The number of carbonyl (C=O) groups excluding carboxylic acids is 1. The second kappa shape index (κ2) is 6.92. The molecule has 28 heavy (non-hydrogen) atoms. The summed E-state index contributed by atoms with van der Waals surface area (Å²) in [6.45, 7) is 2.11. The van der Waals surface area contributed by atoms with Gasteiger partial charge in [-0.25, -0.2) is 8.78 Å². The van der Waals surface area contributed by atoms with E-state index in [1.165, 1.54) is 16.9 Å². The Morgan fingerprint density at radius 2 is 2.00 bits per heavy atom. The summed E-state index contributed by atoms with van der Waals surface area (Å²) < 4.78 is 34.6. The van der Waals surface area contributed by atoms with Gasteiger partial charge in [0.1, 0.15) is 28.7 Å². The van der Waals surface area contributed by atoms with E-state index in [2.05, 4.69) is 10.4 Å². The van der Waals surface area contributed by atoms with E-state index in [9.17, 15) is 13.6 Å². The minimum Gasteiger partial charge on any atom is -0.459 e. The number of amides is 1. The van der Waals surface area contributed by atoms with Crippen molar-refractivity contribution in [3.63, 3.8) is 0 Å². The molecule has 0 fully saturated rings. The molecule has 2 aromatic heterocycles. The summed E-state index contributed by atoms with van der Waals surface area (Å²) in [5.41, 5.74) is 2.11. The number of aromatic nitrogens is 2. The Morgan fingerprint density at radius 3 is 2.75 bits per heavy atom. The zero-order valence-electron chi connectivity index (χ0n) is 15.3. The highest BCUT2D eigenvalue weighted by atomic mass is 19.1. The monoisotopic (exact) mass is 381 g/mol. The second-order valence-electron chi connectivity index (χ2n) is 6.52. The van der Waals surface area contributed by atoms with Crippen molar-refractivity contribution in [3.8, 4) is 11.3 Å². The van der Waals surface area contributed by atoms with Gasteiger partial charge in [-0.3, -0.25) is 9.48 Å². The van der Waals surface area contributed by atoms with Crippen molar-refractivity contribution >= 4 is 16.9 Å². The first kappa shape index (κ1) is 17.9. The van der Waals surface area contributed by atoms with Crippen LogP contribution in [0.1, 0.15) is 21.7 Å². The summed E-state index contributed by atoms with van der Waals surface area (Å²) in [5, 5.41) is 7.95. The van der Waals surface area contributed by atoms with E-state index in [1.54, 1.807) is 7.05 Å². The minimum atomic E-state index is -0.777. The van der Waals surface area contributed by atoms with Crippen LogP contribution in [0.15, 0.2) is 53.1 Å². The molecule has 4 aromatic rings. The van der Waals surface area contributed by atoms with Crippen LogP contribution in [-0.4, -0.2) is 15.7 Å². The zero-order valence-corrected chi connectivity index (χ0v) is 15.3. The number of benzene rings is 2. The lowest BCUT2D eigenvalue weighted by atomic mass is 10.1. The Bertz CT molecular complexity index is 1190. The van der Waals surface area contributed by atoms with E-state index in [1.807, 2.05) is 31.2 Å². The molecule has 1 amide bonds. The van der Waals surface area contributed by atoms with E-state index in [0.717, 1.165) is 28.7 Å². The van der Waals surface area contributed by atoms with E-state index in [0.29, 0.717) is 5.76 Å². The predicted octanol–water partition coefficient (Wildman–Crippen LogP) is 4.35. The summed E-state index contributed by atoms with van der Waals surface area (Å²) in [4.78, 5) is 12.7. The van der Waals surface area contributed by atoms with E-state index < -0.39 is 17.5 Å². The summed E-state index contributed by atoms with van der Waals surface area (Å²) in [6.07, 6.45) is 1.50. The van der Waals surface area contributed by atoms with E-state index in [-0.39, 0.29) is 23.4 Å². The molecule has 0 radical (unpaired) electrons. The van der Waals surface area contributed by atoms with Gasteiger partial charge in [0.25, 0.3) is 5.91 Å². The molecule has 1 N–H and O–H groups in total. The van der Waals surface area contributed by atoms with Crippen LogP contribution in [-0.2, 0) is 13.6 Å². The molecule has 7 heteroatoms. The number of carbonyl (C=O) groups is 1. The third-order valence-corrected chi connectivity index (χ3v) is 4.61. The number of para-hydroxylation sites is 1. The molecule has 0 aliphatic carbocycles. The van der Waals surface area contributed by atoms with Crippen LogP contribution in [0.5, 0.6) is 0 Å². The third kappa shape index (κ3) is 3.15. The van der Waals surface area contributed by atoms with Crippen LogP contribution in [0.2, 0.25) is 0 Å². The third-order valence-electron chi connectivity index (χ3n) is 4.61. The molecule has 0 atom stereocenters. The number of hydrogen-bond donors (Lipinski definition) is 1. The van der Waals surface area contributed by atoms with Gasteiger partial charge < -0.3 is 9.73 Å². The minimum absolute atomic E-state index is 0.0621. The predicted molar refractivity (Wildman–Crippen MR) is 101 cm³/mol. The molecular formula is C21H17F2N3O2. The van der Waals surface area contributed by atoms with Crippen molar-refractivity contribution in [2.24, 2.45) is 7.05 Å². The fourth-order valence-corrected chi connectivity index (χ4v) is 3.18. The van der Waals surface area contributed by atoms with Crippen LogP contribution in [0.3, 0.4) is 0 Å². The van der Waals surface area contributed by atoms with Crippen LogP contribution in [0, 0.1) is 18.6 Å². The Kier molecular flexibility index (Phi) is 4.43. The second-order valence-corrected chi connectivity index (χ2v) is 6.52. The summed E-state index contributed by atoms with van der Waals surface area (Å²) >= 11 is 0. The number of hydrogen-bond acceptors (Lipinski definition) is 3. The summed E-state index contributed by atoms with van der Waals surface area (Å²) in [7, 11) is 1.63. The first-order valence-corrected chi connectivity index (χ1v) is 8.68. The number of fused-ring (bicyclic) bond motifs is 1. The van der Waals surface area contributed by atoms with Gasteiger partial charge in [-0.1, -0.05) is 18.2 Å². The van der Waals surface area contributed by atoms with Crippen molar-refractivity contribution < 1.29 is 18.0 Å². The number of aryl methyl sites for hydroxylation is 2. The van der Waals surface area contributed by atoms with Gasteiger partial charge in [-0.2, -0.15) is 5.10 Å². The Morgan fingerprint density at radius 1 is 1.21 bits per heavy atom. The average molecular weight is 381 g/mol. The summed E-state index contributed by atoms with van der Waals surface area (Å²) in [5.74, 6) is -1.25. The van der Waals surface area contributed by atoms with Crippen LogP contribution >= 0.6 is 0 Å². The average Bonchev–Trinajstić information content (AvgIpc) is 3.20. The maximum absolute atomic E-state index is 14.2. The zero-order chi connectivity index (χ0) is 19.8. The smallest absolute Gasteiger partial charge is 0.255 e. The molecular weight excluding hydrogens is 364 g/mol. The molecule has 0 unspecified atom stereocenters. The number of nitrogens with zero attached hydrogens (tertiary/aromatic N) is 2. The van der Waals surface area contributed by atoms with Gasteiger partial charge in [0.05, 0.1) is 12.1 Å². The number of rotatable bonds is 4. The lowest BCUT2D eigenvalue weighted by Gasteiger charge is -2.06. The topological polar surface area (TPSA) is 60.1 Å². The highest BCUT2D eigenvalue weighted by Gasteiger charge is 2.21. The van der Waals surface area contributed by atoms with Crippen molar-refractivity contribution in [1.82, 2.24) is 15.1 Å². The maximum Gasteiger partial charge on any atom is 0.255 e. The van der Waals surface area contributed by atoms with Crippen molar-refractivity contribution in [3.05, 3.63) is 77.2 Å². The van der Waals surface area contributed by atoms with Gasteiger partial charge in [0.2, 0.25) is 0 Å². The van der Waals surface area contributed by atoms with Gasteiger partial charge in [0.15, 0.2) is 0 Å². The normalized spacial score (nSPS) is 11.1. The van der Waals surface area contributed by atoms with E-state index in [4.69, 9.17) is 4.42 Å². The summed E-state index contributed by atoms with van der Waals surface area (Å²) in [6, 6.07) is 10.8. The molecule has 0 aliphatic rings. The highest BCUT2D eigenvalue weighted by Crippen LogP contribution is 2.27. The van der Waals surface area contributed by atoms with Crippen LogP contribution in [0.25, 0.3) is 22.2 Å². The quantitative estimate of drug-likeness (QED) is 0.572. The fraction of sp³-hybridized carbons (Fsp3) is 0.143. The molecule has 0 saturated heterocycles. The Balaban J connectivity index is 1.61. The number of halogens is 2. The Hall–Kier alpha value is -3.48. The standard InChI is InChI=1S/C21H17F2N3O2/c1-12-14-5-3-4-6-18(14)28-19(12)10-24-21(27)16-11-26(2)25-20(16)15-8-7-13(22)9-17(15)23/h3-9,11H,10H2,1-2H3,(H,24,27). The van der Waals surface area contributed by atoms with Gasteiger partial charge in [-0.15, -0.1) is 0 Å². The molecule has 142 valence electrons.